The average molecular weight is 271 g/mol. The summed E-state index contributed by atoms with van der Waals surface area (Å²) >= 11 is 0. The maximum Gasteiger partial charge on any atom is 0.337 e. The fraction of sp³-hybridized carbons (Fsp3) is 0.353. The zero-order valence-electron chi connectivity index (χ0n) is 12.3. The van der Waals surface area contributed by atoms with Crippen molar-refractivity contribution in [1.82, 2.24) is 4.57 Å². The Balaban J connectivity index is 2.53. The van der Waals surface area contributed by atoms with Gasteiger partial charge in [-0.2, -0.15) is 0 Å². The molecule has 0 aliphatic carbocycles. The molecule has 0 amide bonds. The molecule has 1 aromatic heterocycles. The summed E-state index contributed by atoms with van der Waals surface area (Å²) in [6, 6.07) is 10.1. The fourth-order valence-corrected chi connectivity index (χ4v) is 2.52. The number of rotatable bonds is 5. The molecule has 2 aromatic rings. The number of aromatic carboxylic acids is 1. The minimum absolute atomic E-state index is 0.396. The SMILES string of the molecule is CCCn1c(-c2ccc(CC)cc2)cc(C(=O)O)c1C. The van der Waals surface area contributed by atoms with Crippen LogP contribution in [0.1, 0.15) is 41.9 Å². The first-order valence-corrected chi connectivity index (χ1v) is 7.11. The summed E-state index contributed by atoms with van der Waals surface area (Å²) in [5, 5.41) is 9.29. The highest BCUT2D eigenvalue weighted by Crippen LogP contribution is 2.27. The minimum atomic E-state index is -0.858. The monoisotopic (exact) mass is 271 g/mol. The van der Waals surface area contributed by atoms with E-state index in [1.165, 1.54) is 5.56 Å². The van der Waals surface area contributed by atoms with Crippen molar-refractivity contribution in [3.63, 3.8) is 0 Å². The third-order valence-electron chi connectivity index (χ3n) is 3.70. The topological polar surface area (TPSA) is 42.2 Å². The van der Waals surface area contributed by atoms with Gasteiger partial charge >= 0.3 is 5.97 Å². The van der Waals surface area contributed by atoms with E-state index >= 15 is 0 Å². The third kappa shape index (κ3) is 2.62. The lowest BCUT2D eigenvalue weighted by Crippen LogP contribution is -2.04. The van der Waals surface area contributed by atoms with Crippen molar-refractivity contribution in [3.05, 3.63) is 47.2 Å². The lowest BCUT2D eigenvalue weighted by molar-refractivity contribution is 0.0696. The summed E-state index contributed by atoms with van der Waals surface area (Å²) in [4.78, 5) is 11.3. The lowest BCUT2D eigenvalue weighted by atomic mass is 10.1. The van der Waals surface area contributed by atoms with Crippen LogP contribution in [0.15, 0.2) is 30.3 Å². The highest BCUT2D eigenvalue weighted by Gasteiger charge is 2.17. The molecule has 3 nitrogen and oxygen atoms in total. The van der Waals surface area contributed by atoms with Gasteiger partial charge in [0.1, 0.15) is 0 Å². The fourth-order valence-electron chi connectivity index (χ4n) is 2.52. The number of hydrogen-bond donors (Lipinski definition) is 1. The Labute approximate surface area is 119 Å². The van der Waals surface area contributed by atoms with Crippen LogP contribution in [0, 0.1) is 6.92 Å². The van der Waals surface area contributed by atoms with Crippen LogP contribution in [0.3, 0.4) is 0 Å². The van der Waals surface area contributed by atoms with Gasteiger partial charge in [0.25, 0.3) is 0 Å². The van der Waals surface area contributed by atoms with E-state index in [1.54, 1.807) is 6.07 Å². The zero-order chi connectivity index (χ0) is 14.7. The second kappa shape index (κ2) is 5.95. The first-order valence-electron chi connectivity index (χ1n) is 7.11. The van der Waals surface area contributed by atoms with Gasteiger partial charge in [-0.3, -0.25) is 0 Å². The van der Waals surface area contributed by atoms with Crippen molar-refractivity contribution in [2.24, 2.45) is 0 Å². The van der Waals surface area contributed by atoms with E-state index in [9.17, 15) is 9.90 Å². The van der Waals surface area contributed by atoms with Crippen LogP contribution in [0.25, 0.3) is 11.3 Å². The molecule has 1 aromatic carbocycles. The van der Waals surface area contributed by atoms with Crippen molar-refractivity contribution in [2.75, 3.05) is 0 Å². The molecule has 1 heterocycles. The van der Waals surface area contributed by atoms with Crippen LogP contribution in [0.5, 0.6) is 0 Å². The summed E-state index contributed by atoms with van der Waals surface area (Å²) in [7, 11) is 0. The Hall–Kier alpha value is -2.03. The van der Waals surface area contributed by atoms with Crippen LogP contribution in [-0.4, -0.2) is 15.6 Å². The molecule has 0 aliphatic heterocycles. The number of nitrogens with zero attached hydrogens (tertiary/aromatic N) is 1. The molecule has 106 valence electrons. The van der Waals surface area contributed by atoms with E-state index in [4.69, 9.17) is 0 Å². The second-order valence-corrected chi connectivity index (χ2v) is 5.04. The molecule has 0 aliphatic rings. The van der Waals surface area contributed by atoms with Gasteiger partial charge in [0.15, 0.2) is 0 Å². The summed E-state index contributed by atoms with van der Waals surface area (Å²) < 4.78 is 2.10. The largest absolute Gasteiger partial charge is 0.478 e. The van der Waals surface area contributed by atoms with Crippen LogP contribution in [0.2, 0.25) is 0 Å². The van der Waals surface area contributed by atoms with E-state index in [0.29, 0.717) is 5.56 Å². The summed E-state index contributed by atoms with van der Waals surface area (Å²) in [6.45, 7) is 6.94. The second-order valence-electron chi connectivity index (χ2n) is 5.04. The number of hydrogen-bond acceptors (Lipinski definition) is 1. The van der Waals surface area contributed by atoms with Gasteiger partial charge in [-0.15, -0.1) is 0 Å². The number of benzene rings is 1. The van der Waals surface area contributed by atoms with E-state index in [0.717, 1.165) is 36.3 Å². The van der Waals surface area contributed by atoms with Gasteiger partial charge < -0.3 is 9.67 Å². The minimum Gasteiger partial charge on any atom is -0.478 e. The number of aromatic nitrogens is 1. The number of carbonyl (C=O) groups is 1. The van der Waals surface area contributed by atoms with Crippen molar-refractivity contribution in [1.29, 1.82) is 0 Å². The third-order valence-corrected chi connectivity index (χ3v) is 3.70. The van der Waals surface area contributed by atoms with Gasteiger partial charge in [0, 0.05) is 17.9 Å². The van der Waals surface area contributed by atoms with Crippen molar-refractivity contribution < 1.29 is 9.90 Å². The molecule has 20 heavy (non-hydrogen) atoms. The van der Waals surface area contributed by atoms with Crippen molar-refractivity contribution >= 4 is 5.97 Å². The Kier molecular flexibility index (Phi) is 4.28. The van der Waals surface area contributed by atoms with Gasteiger partial charge in [0.05, 0.1) is 5.56 Å². The molecular weight excluding hydrogens is 250 g/mol. The molecule has 2 rings (SSSR count). The van der Waals surface area contributed by atoms with Crippen LogP contribution >= 0.6 is 0 Å². The molecule has 0 fully saturated rings. The summed E-state index contributed by atoms with van der Waals surface area (Å²) in [5.41, 5.74) is 4.58. The van der Waals surface area contributed by atoms with Gasteiger partial charge in [-0.1, -0.05) is 38.1 Å². The Morgan fingerprint density at radius 2 is 1.85 bits per heavy atom. The number of carboxylic acid groups (broad SMARTS) is 1. The molecule has 3 heteroatoms. The highest BCUT2D eigenvalue weighted by atomic mass is 16.4. The normalized spacial score (nSPS) is 10.8. The molecule has 0 saturated carbocycles. The summed E-state index contributed by atoms with van der Waals surface area (Å²) in [6.07, 6.45) is 1.99. The Morgan fingerprint density at radius 1 is 1.20 bits per heavy atom. The van der Waals surface area contributed by atoms with Gasteiger partial charge in [0.2, 0.25) is 0 Å². The molecule has 0 saturated heterocycles. The molecular formula is C17H21NO2. The van der Waals surface area contributed by atoms with Crippen molar-refractivity contribution in [3.8, 4) is 11.3 Å². The van der Waals surface area contributed by atoms with Gasteiger partial charge in [-0.05, 0) is 37.0 Å². The van der Waals surface area contributed by atoms with E-state index in [1.807, 2.05) is 6.92 Å². The average Bonchev–Trinajstić information content (AvgIpc) is 2.77. The quantitative estimate of drug-likeness (QED) is 0.888. The molecule has 0 radical (unpaired) electrons. The molecule has 1 N–H and O–H groups in total. The predicted molar refractivity (Wildman–Crippen MR) is 81.2 cm³/mol. The lowest BCUT2D eigenvalue weighted by Gasteiger charge is -2.11. The predicted octanol–water partition coefficient (Wildman–Crippen LogP) is 4.13. The molecule has 0 atom stereocenters. The van der Waals surface area contributed by atoms with E-state index < -0.39 is 5.97 Å². The first kappa shape index (κ1) is 14.4. The van der Waals surface area contributed by atoms with Crippen LogP contribution in [0.4, 0.5) is 0 Å². The van der Waals surface area contributed by atoms with Gasteiger partial charge in [-0.25, -0.2) is 4.79 Å². The van der Waals surface area contributed by atoms with Crippen LogP contribution in [-0.2, 0) is 13.0 Å². The van der Waals surface area contributed by atoms with E-state index in [-0.39, 0.29) is 0 Å². The van der Waals surface area contributed by atoms with Crippen LogP contribution < -0.4 is 0 Å². The standard InChI is InChI=1S/C17H21NO2/c1-4-10-18-12(3)15(17(19)20)11-16(18)14-8-6-13(5-2)7-9-14/h6-9,11H,4-5,10H2,1-3H3,(H,19,20). The maximum absolute atomic E-state index is 11.3. The number of carboxylic acids is 1. The zero-order valence-corrected chi connectivity index (χ0v) is 12.3. The summed E-state index contributed by atoms with van der Waals surface area (Å²) in [5.74, 6) is -0.858. The van der Waals surface area contributed by atoms with E-state index in [2.05, 4.69) is 42.7 Å². The Bertz CT molecular complexity index is 609. The number of aryl methyl sites for hydroxylation is 1. The molecule has 0 unspecified atom stereocenters. The Morgan fingerprint density at radius 3 is 2.35 bits per heavy atom. The molecule has 0 spiro atoms. The highest BCUT2D eigenvalue weighted by molar-refractivity contribution is 5.91. The van der Waals surface area contributed by atoms with Crippen molar-refractivity contribution in [2.45, 2.75) is 40.2 Å². The smallest absolute Gasteiger partial charge is 0.337 e. The maximum atomic E-state index is 11.3. The first-order chi connectivity index (χ1) is 9.58. The molecule has 0 bridgehead atoms.